The number of benzene rings is 3. The fraction of sp³-hybridized carbons (Fsp3) is 0.710. The van der Waals surface area contributed by atoms with Crippen LogP contribution in [0.1, 0.15) is 239 Å². The first-order valence-electron chi connectivity index (χ1n) is 31.9. The number of rotatable bonds is 27. The molecule has 0 aromatic heterocycles. The molecule has 1 aliphatic carbocycles. The number of hydrogen-bond acceptors (Lipinski definition) is 12. The van der Waals surface area contributed by atoms with Gasteiger partial charge in [-0.3, -0.25) is 19.2 Å². The quantitative estimate of drug-likeness (QED) is 0.0341. The van der Waals surface area contributed by atoms with Gasteiger partial charge in [0.15, 0.2) is 0 Å². The highest BCUT2D eigenvalue weighted by Crippen LogP contribution is 2.22. The number of aliphatic hydroxyl groups is 4. The maximum Gasteiger partial charge on any atom is 0.250 e. The molecule has 11 unspecified atom stereocenters. The standard InChI is InChI=1S/C22H32N2O2.C18H30N2O2.C15H32N2O2.C14H28N2O2/c1-6-9-19(24-22(3,4)5)20(25)21(26)23-15(2)17-13-12-16-10-7-8-11-18(16)14-17;1-6-10-15(20-18(3,4)5)16(21)17(22)19-13(2)14-11-8-7-9-12-14;1-8-9-12(17-15(5,6)7)13(18)14(19)16-11(4)10(2)3;1-5-7-11(16-14(2,3)4)12(17)13(18)15-10-8-6-9-10/h7-8,10-15,19-20,24-25H,6,9H2,1-5H3,(H,23,26);7-9,11-13,15-16,20-21H,6,10H2,1-5H3,(H,19,22);10-13,17-18H,8-9H2,1-7H3,(H,16,19);10-12,16-17H,5-9H2,1-4H3,(H,15,18). The summed E-state index contributed by atoms with van der Waals surface area (Å²) in [5, 5.41) is 68.7. The number of hydrogen-bond donors (Lipinski definition) is 12. The minimum absolute atomic E-state index is 0.0686. The summed E-state index contributed by atoms with van der Waals surface area (Å²) in [6.45, 7) is 42.6. The fourth-order valence-electron chi connectivity index (χ4n) is 9.73. The van der Waals surface area contributed by atoms with Crippen LogP contribution in [0.5, 0.6) is 0 Å². The first kappa shape index (κ1) is 78.5. The van der Waals surface area contributed by atoms with Crippen molar-refractivity contribution in [3.05, 3.63) is 83.9 Å². The molecule has 85 heavy (non-hydrogen) atoms. The van der Waals surface area contributed by atoms with Crippen molar-refractivity contribution < 1.29 is 39.6 Å². The molecule has 0 saturated heterocycles. The van der Waals surface area contributed by atoms with Gasteiger partial charge in [0.25, 0.3) is 23.6 Å². The lowest BCUT2D eigenvalue weighted by Crippen LogP contribution is -2.56. The van der Waals surface area contributed by atoms with Crippen molar-refractivity contribution in [2.75, 3.05) is 0 Å². The zero-order chi connectivity index (χ0) is 65.0. The van der Waals surface area contributed by atoms with Crippen LogP contribution in [0, 0.1) is 5.92 Å². The summed E-state index contributed by atoms with van der Waals surface area (Å²) in [5.41, 5.74) is 1.53. The number of nitrogens with one attached hydrogen (secondary N) is 8. The number of amides is 4. The van der Waals surface area contributed by atoms with Crippen LogP contribution < -0.4 is 42.5 Å². The van der Waals surface area contributed by atoms with Crippen LogP contribution in [-0.2, 0) is 19.2 Å². The molecule has 1 aliphatic rings. The monoisotopic (exact) mass is 1190 g/mol. The maximum absolute atomic E-state index is 12.6. The minimum Gasteiger partial charge on any atom is -0.382 e. The van der Waals surface area contributed by atoms with Crippen molar-refractivity contribution >= 4 is 34.4 Å². The summed E-state index contributed by atoms with van der Waals surface area (Å²) in [7, 11) is 0. The largest absolute Gasteiger partial charge is 0.382 e. The van der Waals surface area contributed by atoms with Crippen LogP contribution in [0.2, 0.25) is 0 Å². The Morgan fingerprint density at radius 2 is 0.765 bits per heavy atom. The maximum atomic E-state index is 12.6. The number of aliphatic hydroxyl groups excluding tert-OH is 4. The second-order valence-corrected chi connectivity index (χ2v) is 28.1. The summed E-state index contributed by atoms with van der Waals surface area (Å²) < 4.78 is 0. The Kier molecular flexibility index (Phi) is 35.1. The SMILES string of the molecule is CCCC(NC(C)(C)C)C(O)C(=O)NC(C)C(C)C.CCCC(NC(C)(C)C)C(O)C(=O)NC(C)c1ccc2ccccc2c1.CCCC(NC(C)(C)C)C(O)C(=O)NC(C)c1ccccc1.CCCC(NC(C)(C)C)C(O)C(=O)NC1CCC1. The Hall–Kier alpha value is -4.52. The van der Waals surface area contributed by atoms with Crippen LogP contribution >= 0.6 is 0 Å². The normalized spacial score (nSPS) is 16.9. The van der Waals surface area contributed by atoms with Gasteiger partial charge < -0.3 is 63.0 Å². The van der Waals surface area contributed by atoms with E-state index in [1.165, 1.54) is 11.8 Å². The highest BCUT2D eigenvalue weighted by Gasteiger charge is 2.34. The summed E-state index contributed by atoms with van der Waals surface area (Å²) in [6.07, 6.45) is 5.96. The molecule has 1 saturated carbocycles. The van der Waals surface area contributed by atoms with E-state index in [0.29, 0.717) is 5.92 Å². The first-order chi connectivity index (χ1) is 39.4. The summed E-state index contributed by atoms with van der Waals surface area (Å²) >= 11 is 0. The Morgan fingerprint density at radius 3 is 1.09 bits per heavy atom. The van der Waals surface area contributed by atoms with Crippen molar-refractivity contribution in [3.8, 4) is 0 Å². The van der Waals surface area contributed by atoms with Gasteiger partial charge in [-0.2, -0.15) is 0 Å². The third kappa shape index (κ3) is 32.3. The molecule has 0 aliphatic heterocycles. The van der Waals surface area contributed by atoms with Gasteiger partial charge in [0.05, 0.1) is 12.1 Å². The van der Waals surface area contributed by atoms with E-state index in [0.717, 1.165) is 80.7 Å². The molecule has 486 valence electrons. The van der Waals surface area contributed by atoms with E-state index >= 15 is 0 Å². The zero-order valence-corrected chi connectivity index (χ0v) is 56.6. The predicted molar refractivity (Wildman–Crippen MR) is 352 cm³/mol. The van der Waals surface area contributed by atoms with E-state index in [9.17, 15) is 39.6 Å². The van der Waals surface area contributed by atoms with Crippen molar-refractivity contribution in [1.82, 2.24) is 42.5 Å². The second kappa shape index (κ2) is 38.0. The molecule has 0 bridgehead atoms. The molecule has 3 aromatic rings. The molecule has 16 nitrogen and oxygen atoms in total. The minimum atomic E-state index is -1.07. The Balaban J connectivity index is 0.000000573. The molecule has 0 spiro atoms. The second-order valence-electron chi connectivity index (χ2n) is 28.1. The molecular weight excluding hydrogens is 1070 g/mol. The smallest absolute Gasteiger partial charge is 0.250 e. The Morgan fingerprint density at radius 1 is 0.435 bits per heavy atom. The molecular formula is C69H122N8O8. The highest BCUT2D eigenvalue weighted by atomic mass is 16.3. The molecule has 12 N–H and O–H groups in total. The first-order valence-corrected chi connectivity index (χ1v) is 31.9. The van der Waals surface area contributed by atoms with E-state index in [1.807, 2.05) is 166 Å². The van der Waals surface area contributed by atoms with Crippen LogP contribution in [0.15, 0.2) is 72.8 Å². The van der Waals surface area contributed by atoms with Gasteiger partial charge in [-0.25, -0.2) is 0 Å². The van der Waals surface area contributed by atoms with Crippen LogP contribution in [0.25, 0.3) is 10.8 Å². The lowest BCUT2D eigenvalue weighted by molar-refractivity contribution is -0.133. The van der Waals surface area contributed by atoms with Gasteiger partial charge in [0.1, 0.15) is 24.4 Å². The fourth-order valence-corrected chi connectivity index (χ4v) is 9.73. The molecule has 4 rings (SSSR count). The van der Waals surface area contributed by atoms with E-state index in [4.69, 9.17) is 0 Å². The van der Waals surface area contributed by atoms with Crippen molar-refractivity contribution in [2.24, 2.45) is 5.92 Å². The molecule has 3 aromatic carbocycles. The van der Waals surface area contributed by atoms with Gasteiger partial charge in [-0.05, 0) is 183 Å². The van der Waals surface area contributed by atoms with E-state index < -0.39 is 24.4 Å². The van der Waals surface area contributed by atoms with E-state index in [-0.39, 0.29) is 94.1 Å². The third-order valence-electron chi connectivity index (χ3n) is 14.6. The van der Waals surface area contributed by atoms with Gasteiger partial charge in [-0.1, -0.05) is 134 Å². The van der Waals surface area contributed by atoms with E-state index in [1.54, 1.807) is 0 Å². The average Bonchev–Trinajstić information content (AvgIpc) is 3.43. The van der Waals surface area contributed by atoms with E-state index in [2.05, 4.69) is 94.5 Å². The van der Waals surface area contributed by atoms with Gasteiger partial charge in [0.2, 0.25) is 0 Å². The van der Waals surface area contributed by atoms with Crippen LogP contribution in [-0.4, -0.2) is 127 Å². The van der Waals surface area contributed by atoms with Crippen LogP contribution in [0.4, 0.5) is 0 Å². The Labute approximate surface area is 515 Å². The molecule has 4 amide bonds. The topological polar surface area (TPSA) is 245 Å². The third-order valence-corrected chi connectivity index (χ3v) is 14.6. The average molecular weight is 1190 g/mol. The molecule has 0 heterocycles. The lowest BCUT2D eigenvalue weighted by atomic mass is 9.92. The molecule has 16 heteroatoms. The van der Waals surface area contributed by atoms with Gasteiger partial charge in [-0.15, -0.1) is 0 Å². The molecule has 1 fully saturated rings. The Bertz CT molecular complexity index is 2360. The number of carbonyl (C=O) groups is 4. The number of carbonyl (C=O) groups excluding carboxylic acids is 4. The van der Waals surface area contributed by atoms with Crippen molar-refractivity contribution in [3.63, 3.8) is 0 Å². The molecule has 11 atom stereocenters. The number of fused-ring (bicyclic) bond motifs is 1. The highest BCUT2D eigenvalue weighted by molar-refractivity contribution is 5.85. The summed E-state index contributed by atoms with van der Waals surface area (Å²) in [6, 6.07) is 23.3. The van der Waals surface area contributed by atoms with Crippen LogP contribution in [0.3, 0.4) is 0 Å². The molecule has 0 radical (unpaired) electrons. The zero-order valence-electron chi connectivity index (χ0n) is 56.6. The van der Waals surface area contributed by atoms with Crippen molar-refractivity contribution in [2.45, 2.75) is 311 Å². The summed E-state index contributed by atoms with van der Waals surface area (Å²) in [5.74, 6) is -0.810. The van der Waals surface area contributed by atoms with Gasteiger partial charge >= 0.3 is 0 Å². The van der Waals surface area contributed by atoms with Gasteiger partial charge in [0, 0.05) is 58.4 Å². The predicted octanol–water partition coefficient (Wildman–Crippen LogP) is 10.4. The summed E-state index contributed by atoms with van der Waals surface area (Å²) in [4.78, 5) is 48.9. The lowest BCUT2D eigenvalue weighted by Gasteiger charge is -2.33. The van der Waals surface area contributed by atoms with Crippen molar-refractivity contribution in [1.29, 1.82) is 0 Å².